The van der Waals surface area contributed by atoms with Gasteiger partial charge in [-0.2, -0.15) is 0 Å². The molecule has 2 aliphatic rings. The zero-order valence-corrected chi connectivity index (χ0v) is 13.0. The van der Waals surface area contributed by atoms with Gasteiger partial charge in [0.25, 0.3) is 0 Å². The first kappa shape index (κ1) is 16.2. The van der Waals surface area contributed by atoms with E-state index in [9.17, 15) is 8.42 Å². The molecule has 0 aliphatic carbocycles. The summed E-state index contributed by atoms with van der Waals surface area (Å²) in [5, 5.41) is 3.42. The van der Waals surface area contributed by atoms with E-state index in [1.54, 1.807) is 0 Å². The zero-order chi connectivity index (χ0) is 12.7. The molecule has 108 valence electrons. The van der Waals surface area contributed by atoms with Gasteiger partial charge >= 0.3 is 0 Å². The molecule has 2 aliphatic heterocycles. The fourth-order valence-corrected chi connectivity index (χ4v) is 4.46. The number of hydrogen-bond donors (Lipinski definition) is 1. The van der Waals surface area contributed by atoms with E-state index in [1.807, 2.05) is 6.92 Å². The average molecular weight is 298 g/mol. The highest BCUT2D eigenvalue weighted by atomic mass is 35.5. The van der Waals surface area contributed by atoms with Crippen LogP contribution >= 0.6 is 12.4 Å². The third-order valence-corrected chi connectivity index (χ3v) is 5.56. The molecule has 2 rings (SSSR count). The van der Waals surface area contributed by atoms with Gasteiger partial charge in [0.05, 0.1) is 18.1 Å². The molecule has 2 saturated heterocycles. The largest absolute Gasteiger partial charge is 0.360 e. The molecule has 18 heavy (non-hydrogen) atoms. The number of hydrogen-bond acceptors (Lipinski definition) is 4. The quantitative estimate of drug-likeness (QED) is 0.841. The van der Waals surface area contributed by atoms with Crippen molar-refractivity contribution < 1.29 is 13.2 Å². The summed E-state index contributed by atoms with van der Waals surface area (Å²) in [5.74, 6) is 0.926. The molecule has 2 fully saturated rings. The summed E-state index contributed by atoms with van der Waals surface area (Å²) in [7, 11) is -2.78. The van der Waals surface area contributed by atoms with Gasteiger partial charge in [-0.25, -0.2) is 8.42 Å². The van der Waals surface area contributed by atoms with Crippen molar-refractivity contribution in [1.82, 2.24) is 5.32 Å². The van der Waals surface area contributed by atoms with E-state index in [0.717, 1.165) is 26.0 Å². The van der Waals surface area contributed by atoms with Crippen LogP contribution in [0.2, 0.25) is 0 Å². The molecule has 0 amide bonds. The summed E-state index contributed by atoms with van der Waals surface area (Å²) in [6.45, 7) is 8.02. The molecule has 0 aromatic carbocycles. The van der Waals surface area contributed by atoms with Gasteiger partial charge in [0.15, 0.2) is 9.84 Å². The topological polar surface area (TPSA) is 55.4 Å². The minimum Gasteiger partial charge on any atom is -0.360 e. The lowest BCUT2D eigenvalue weighted by Crippen LogP contribution is -2.56. The van der Waals surface area contributed by atoms with Crippen LogP contribution in [0.3, 0.4) is 0 Å². The summed E-state index contributed by atoms with van der Waals surface area (Å²) in [6.07, 6.45) is 1.58. The van der Waals surface area contributed by atoms with Crippen LogP contribution in [0.25, 0.3) is 0 Å². The minimum absolute atomic E-state index is 0. The van der Waals surface area contributed by atoms with Crippen LogP contribution in [0.5, 0.6) is 0 Å². The Morgan fingerprint density at radius 1 is 1.33 bits per heavy atom. The summed E-state index contributed by atoms with van der Waals surface area (Å²) in [4.78, 5) is 0. The SMILES string of the molecule is CC1(C)CNC(C)(CC2CCS(=O)(=O)C2)OC1.Cl. The van der Waals surface area contributed by atoms with Crippen LogP contribution in [-0.4, -0.2) is 38.8 Å². The Bertz CT molecular complexity index is 384. The van der Waals surface area contributed by atoms with E-state index in [1.165, 1.54) is 0 Å². The maximum Gasteiger partial charge on any atom is 0.150 e. The Labute approximate surface area is 116 Å². The lowest BCUT2D eigenvalue weighted by atomic mass is 9.89. The first-order valence-electron chi connectivity index (χ1n) is 6.29. The van der Waals surface area contributed by atoms with Gasteiger partial charge in [0.1, 0.15) is 5.72 Å². The van der Waals surface area contributed by atoms with Gasteiger partial charge in [-0.3, -0.25) is 5.32 Å². The Kier molecular flexibility index (Phi) is 4.75. The zero-order valence-electron chi connectivity index (χ0n) is 11.4. The fraction of sp³-hybridized carbons (Fsp3) is 1.00. The molecular formula is C12H24ClNO3S. The van der Waals surface area contributed by atoms with Crippen molar-refractivity contribution in [3.8, 4) is 0 Å². The van der Waals surface area contributed by atoms with E-state index >= 15 is 0 Å². The number of rotatable bonds is 2. The molecule has 6 heteroatoms. The van der Waals surface area contributed by atoms with Crippen molar-refractivity contribution in [3.63, 3.8) is 0 Å². The van der Waals surface area contributed by atoms with Crippen molar-refractivity contribution in [2.75, 3.05) is 24.7 Å². The van der Waals surface area contributed by atoms with Gasteiger partial charge in [0.2, 0.25) is 0 Å². The van der Waals surface area contributed by atoms with Crippen LogP contribution in [0.1, 0.15) is 33.6 Å². The first-order chi connectivity index (χ1) is 7.70. The van der Waals surface area contributed by atoms with Crippen LogP contribution < -0.4 is 5.32 Å². The molecule has 2 heterocycles. The third-order valence-electron chi connectivity index (χ3n) is 3.73. The molecular weight excluding hydrogens is 274 g/mol. The molecule has 0 bridgehead atoms. The number of sulfone groups is 1. The highest BCUT2D eigenvalue weighted by molar-refractivity contribution is 7.91. The maximum absolute atomic E-state index is 11.4. The predicted molar refractivity (Wildman–Crippen MR) is 74.8 cm³/mol. The second-order valence-electron chi connectivity index (χ2n) is 6.51. The van der Waals surface area contributed by atoms with Gasteiger partial charge in [0, 0.05) is 12.0 Å². The average Bonchev–Trinajstić information content (AvgIpc) is 2.52. The smallest absolute Gasteiger partial charge is 0.150 e. The summed E-state index contributed by atoms with van der Waals surface area (Å²) >= 11 is 0. The van der Waals surface area contributed by atoms with E-state index in [4.69, 9.17) is 4.74 Å². The summed E-state index contributed by atoms with van der Waals surface area (Å²) < 4.78 is 28.8. The summed E-state index contributed by atoms with van der Waals surface area (Å²) in [5.41, 5.74) is -0.179. The van der Waals surface area contributed by atoms with Crippen molar-refractivity contribution in [3.05, 3.63) is 0 Å². The monoisotopic (exact) mass is 297 g/mol. The fourth-order valence-electron chi connectivity index (χ4n) is 2.60. The molecule has 2 atom stereocenters. The molecule has 0 radical (unpaired) electrons. The van der Waals surface area contributed by atoms with Gasteiger partial charge < -0.3 is 4.74 Å². The molecule has 1 N–H and O–H groups in total. The van der Waals surface area contributed by atoms with Gasteiger partial charge in [-0.15, -0.1) is 12.4 Å². The second-order valence-corrected chi connectivity index (χ2v) is 8.74. The molecule has 0 aromatic rings. The lowest BCUT2D eigenvalue weighted by Gasteiger charge is -2.43. The number of ether oxygens (including phenoxy) is 1. The molecule has 0 saturated carbocycles. The van der Waals surface area contributed by atoms with Crippen LogP contribution in [0, 0.1) is 11.3 Å². The molecule has 2 unspecified atom stereocenters. The normalized spacial score (nSPS) is 38.1. The van der Waals surface area contributed by atoms with Gasteiger partial charge in [-0.1, -0.05) is 13.8 Å². The number of nitrogens with one attached hydrogen (secondary N) is 1. The minimum atomic E-state index is -2.78. The van der Waals surface area contributed by atoms with Crippen LogP contribution in [0.4, 0.5) is 0 Å². The van der Waals surface area contributed by atoms with Crippen LogP contribution in [-0.2, 0) is 14.6 Å². The van der Waals surface area contributed by atoms with Crippen molar-refractivity contribution >= 4 is 22.2 Å². The molecule has 0 spiro atoms. The van der Waals surface area contributed by atoms with E-state index in [-0.39, 0.29) is 29.5 Å². The summed E-state index contributed by atoms with van der Waals surface area (Å²) in [6, 6.07) is 0. The highest BCUT2D eigenvalue weighted by Crippen LogP contribution is 2.32. The third kappa shape index (κ3) is 4.08. The number of halogens is 1. The van der Waals surface area contributed by atoms with E-state index in [2.05, 4.69) is 19.2 Å². The first-order valence-corrected chi connectivity index (χ1v) is 8.11. The molecule has 0 aromatic heterocycles. The predicted octanol–water partition coefficient (Wildman–Crippen LogP) is 1.60. The Morgan fingerprint density at radius 3 is 2.44 bits per heavy atom. The second kappa shape index (κ2) is 5.27. The standard InChI is InChI=1S/C12H23NO3S.ClH/c1-11(2)8-13-12(3,16-9-11)6-10-4-5-17(14,15)7-10;/h10,13H,4-9H2,1-3H3;1H. The maximum atomic E-state index is 11.4. The molecule has 4 nitrogen and oxygen atoms in total. The Hall–Kier alpha value is 0.160. The lowest BCUT2D eigenvalue weighted by molar-refractivity contribution is -0.135. The van der Waals surface area contributed by atoms with E-state index in [0.29, 0.717) is 11.5 Å². The Balaban J connectivity index is 0.00000162. The van der Waals surface area contributed by atoms with Gasteiger partial charge in [-0.05, 0) is 25.7 Å². The van der Waals surface area contributed by atoms with Crippen LogP contribution in [0.15, 0.2) is 0 Å². The Morgan fingerprint density at radius 2 is 2.00 bits per heavy atom. The van der Waals surface area contributed by atoms with Crippen molar-refractivity contribution in [2.24, 2.45) is 11.3 Å². The highest BCUT2D eigenvalue weighted by Gasteiger charge is 2.39. The van der Waals surface area contributed by atoms with E-state index < -0.39 is 9.84 Å². The van der Waals surface area contributed by atoms with Crippen molar-refractivity contribution in [1.29, 1.82) is 0 Å². The van der Waals surface area contributed by atoms with Crippen molar-refractivity contribution in [2.45, 2.75) is 39.3 Å².